The van der Waals surface area contributed by atoms with Crippen LogP contribution in [0, 0.1) is 6.92 Å². The van der Waals surface area contributed by atoms with Crippen molar-refractivity contribution in [1.29, 1.82) is 0 Å². The second-order valence-corrected chi connectivity index (χ2v) is 8.39. The molecule has 0 saturated heterocycles. The summed E-state index contributed by atoms with van der Waals surface area (Å²) in [5.41, 5.74) is 5.96. The molecule has 0 unspecified atom stereocenters. The van der Waals surface area contributed by atoms with Crippen LogP contribution >= 0.6 is 11.3 Å². The molecule has 4 aromatic rings. The fourth-order valence-corrected chi connectivity index (χ4v) is 4.67. The van der Waals surface area contributed by atoms with Crippen LogP contribution in [0.4, 0.5) is 10.5 Å². The Labute approximate surface area is 194 Å². The molecule has 0 spiro atoms. The Bertz CT molecular complexity index is 1370. The number of anilines is 1. The normalized spacial score (nSPS) is 12.6. The smallest absolute Gasteiger partial charge is 0.424 e. The number of nitrogens with zero attached hydrogens (tertiary/aromatic N) is 4. The second-order valence-electron chi connectivity index (χ2n) is 7.67. The van der Waals surface area contributed by atoms with Crippen molar-refractivity contribution in [3.05, 3.63) is 52.3 Å². The Morgan fingerprint density at radius 1 is 1.24 bits per heavy atom. The molecule has 0 fully saturated rings. The zero-order valence-corrected chi connectivity index (χ0v) is 19.3. The predicted octanol–water partition coefficient (Wildman–Crippen LogP) is 4.82. The summed E-state index contributed by atoms with van der Waals surface area (Å²) in [6.45, 7) is 7.53. The maximum Gasteiger partial charge on any atom is 0.425 e. The summed E-state index contributed by atoms with van der Waals surface area (Å²) >= 11 is 1.42. The number of benzene rings is 2. The van der Waals surface area contributed by atoms with Crippen LogP contribution in [0.1, 0.15) is 25.0 Å². The first-order valence-electron chi connectivity index (χ1n) is 10.7. The van der Waals surface area contributed by atoms with Crippen molar-refractivity contribution in [3.8, 4) is 23.0 Å². The van der Waals surface area contributed by atoms with E-state index in [9.17, 15) is 9.59 Å². The van der Waals surface area contributed by atoms with Crippen LogP contribution in [0.2, 0.25) is 0 Å². The van der Waals surface area contributed by atoms with Gasteiger partial charge in [0.2, 0.25) is 0 Å². The van der Waals surface area contributed by atoms with Gasteiger partial charge < -0.3 is 14.4 Å². The molecule has 0 atom stereocenters. The first-order chi connectivity index (χ1) is 16.0. The van der Waals surface area contributed by atoms with Crippen LogP contribution in [0.15, 0.2) is 41.2 Å². The highest BCUT2D eigenvalue weighted by molar-refractivity contribution is 7.07. The van der Waals surface area contributed by atoms with Crippen LogP contribution in [0.25, 0.3) is 22.6 Å². The molecule has 0 aliphatic carbocycles. The van der Waals surface area contributed by atoms with E-state index in [1.807, 2.05) is 50.4 Å². The average Bonchev–Trinajstić information content (AvgIpc) is 3.53. The Morgan fingerprint density at radius 2 is 2.06 bits per heavy atom. The van der Waals surface area contributed by atoms with Crippen LogP contribution in [0.5, 0.6) is 11.5 Å². The van der Waals surface area contributed by atoms with Gasteiger partial charge in [0, 0.05) is 18.5 Å². The molecule has 0 bridgehead atoms. The number of aryl methyl sites for hydroxylation is 1. The van der Waals surface area contributed by atoms with Crippen LogP contribution in [-0.2, 0) is 11.2 Å². The van der Waals surface area contributed by atoms with Crippen LogP contribution in [-0.4, -0.2) is 39.7 Å². The number of ether oxygens (including phenoxy) is 2. The van der Waals surface area contributed by atoms with E-state index in [-0.39, 0.29) is 12.4 Å². The van der Waals surface area contributed by atoms with Crippen LogP contribution in [0.3, 0.4) is 0 Å². The van der Waals surface area contributed by atoms with E-state index < -0.39 is 6.09 Å². The minimum Gasteiger partial charge on any atom is -0.424 e. The Kier molecular flexibility index (Phi) is 5.33. The summed E-state index contributed by atoms with van der Waals surface area (Å²) in [6.07, 6.45) is -0.571. The summed E-state index contributed by atoms with van der Waals surface area (Å²) in [6, 6.07) is 9.19. The van der Waals surface area contributed by atoms with Crippen molar-refractivity contribution >= 4 is 40.1 Å². The maximum absolute atomic E-state index is 13.5. The lowest BCUT2D eigenvalue weighted by Crippen LogP contribution is -2.23. The van der Waals surface area contributed by atoms with E-state index in [1.54, 1.807) is 11.6 Å². The number of fused-ring (bicyclic) bond motifs is 2. The highest BCUT2D eigenvalue weighted by Gasteiger charge is 2.31. The number of hydrogen-bond donors (Lipinski definition) is 0. The molecule has 0 radical (unpaired) electrons. The first-order valence-corrected chi connectivity index (χ1v) is 11.7. The minimum atomic E-state index is -0.622. The van der Waals surface area contributed by atoms with Gasteiger partial charge in [0.25, 0.3) is 0 Å². The molecule has 0 saturated carbocycles. The van der Waals surface area contributed by atoms with Gasteiger partial charge in [-0.15, -0.1) is 11.3 Å². The number of hydrogen-bond acceptors (Lipinski definition) is 8. The molecular weight excluding hydrogens is 440 g/mol. The molecular formula is C24H22N4O4S. The molecule has 3 heterocycles. The van der Waals surface area contributed by atoms with Gasteiger partial charge in [0.15, 0.2) is 11.6 Å². The van der Waals surface area contributed by atoms with Crippen molar-refractivity contribution in [2.24, 2.45) is 0 Å². The summed E-state index contributed by atoms with van der Waals surface area (Å²) in [5, 5.41) is 1.84. The molecule has 168 valence electrons. The number of para-hydroxylation sites is 1. The molecule has 2 aromatic heterocycles. The Morgan fingerprint density at radius 3 is 2.79 bits per heavy atom. The zero-order valence-electron chi connectivity index (χ0n) is 18.5. The van der Waals surface area contributed by atoms with Gasteiger partial charge in [0.1, 0.15) is 11.4 Å². The fraction of sp³-hybridized carbons (Fsp3) is 0.250. The molecule has 0 N–H and O–H groups in total. The monoisotopic (exact) mass is 462 g/mol. The fourth-order valence-electron chi connectivity index (χ4n) is 4.14. The van der Waals surface area contributed by atoms with E-state index in [4.69, 9.17) is 9.47 Å². The number of rotatable bonds is 5. The first kappa shape index (κ1) is 21.1. The van der Waals surface area contributed by atoms with Crippen molar-refractivity contribution in [3.63, 3.8) is 0 Å². The standard InChI is InChI=1S/C24H22N4O4S/c1-4-27(5-2)18-9-10-19(15-11-20(29)32-22(15)18)31-24(30)28-17-8-6-7-14(3)21(17)26-23(28)16-12-33-13-25-16/h6-10,12-13H,4-5,11H2,1-3H3. The van der Waals surface area contributed by atoms with Gasteiger partial charge in [-0.3, -0.25) is 4.79 Å². The van der Waals surface area contributed by atoms with Gasteiger partial charge in [-0.2, -0.15) is 0 Å². The van der Waals surface area contributed by atoms with Gasteiger partial charge >= 0.3 is 12.1 Å². The third-order valence-corrected chi connectivity index (χ3v) is 6.35. The lowest BCUT2D eigenvalue weighted by atomic mass is 10.1. The molecule has 1 aliphatic heterocycles. The molecule has 8 nitrogen and oxygen atoms in total. The third-order valence-electron chi connectivity index (χ3n) is 5.77. The summed E-state index contributed by atoms with van der Waals surface area (Å²) in [5.74, 6) is 0.804. The summed E-state index contributed by atoms with van der Waals surface area (Å²) in [7, 11) is 0. The van der Waals surface area contributed by atoms with Crippen molar-refractivity contribution < 1.29 is 19.1 Å². The number of esters is 1. The zero-order chi connectivity index (χ0) is 23.1. The maximum atomic E-state index is 13.5. The molecule has 0 amide bonds. The minimum absolute atomic E-state index is 0.0514. The van der Waals surface area contributed by atoms with Gasteiger partial charge in [-0.1, -0.05) is 12.1 Å². The van der Waals surface area contributed by atoms with Crippen molar-refractivity contribution in [2.75, 3.05) is 18.0 Å². The van der Waals surface area contributed by atoms with E-state index >= 15 is 0 Å². The second kappa shape index (κ2) is 8.32. The van der Waals surface area contributed by atoms with E-state index in [2.05, 4.69) is 14.9 Å². The highest BCUT2D eigenvalue weighted by Crippen LogP contribution is 2.42. The predicted molar refractivity (Wildman–Crippen MR) is 126 cm³/mol. The summed E-state index contributed by atoms with van der Waals surface area (Å²) in [4.78, 5) is 36.7. The quantitative estimate of drug-likeness (QED) is 0.310. The van der Waals surface area contributed by atoms with Gasteiger partial charge in [-0.05, 0) is 44.5 Å². The lowest BCUT2D eigenvalue weighted by Gasteiger charge is -2.23. The van der Waals surface area contributed by atoms with Crippen molar-refractivity contribution in [2.45, 2.75) is 27.2 Å². The summed E-state index contributed by atoms with van der Waals surface area (Å²) < 4.78 is 12.8. The topological polar surface area (TPSA) is 86.6 Å². The average molecular weight is 463 g/mol. The van der Waals surface area contributed by atoms with E-state index in [1.165, 1.54) is 15.9 Å². The SMILES string of the molecule is CCN(CC)c1ccc(OC(=O)n2c(-c3cscn3)nc3c(C)cccc32)c2c1OC(=O)C2. The third kappa shape index (κ3) is 3.54. The largest absolute Gasteiger partial charge is 0.425 e. The Hall–Kier alpha value is -3.72. The highest BCUT2D eigenvalue weighted by atomic mass is 32.1. The molecule has 9 heteroatoms. The number of aromatic nitrogens is 3. The number of thiazole rings is 1. The van der Waals surface area contributed by atoms with Crippen molar-refractivity contribution in [1.82, 2.24) is 14.5 Å². The lowest BCUT2D eigenvalue weighted by molar-refractivity contribution is -0.131. The molecule has 1 aliphatic rings. The van der Waals surface area contributed by atoms with Crippen LogP contribution < -0.4 is 14.4 Å². The Balaban J connectivity index is 1.59. The number of carbonyl (C=O) groups is 2. The molecule has 5 rings (SSSR count). The molecule has 33 heavy (non-hydrogen) atoms. The van der Waals surface area contributed by atoms with E-state index in [0.29, 0.717) is 39.6 Å². The van der Waals surface area contributed by atoms with Gasteiger partial charge in [-0.25, -0.2) is 19.3 Å². The number of imidazole rings is 1. The number of carbonyl (C=O) groups excluding carboxylic acids is 2. The van der Waals surface area contributed by atoms with Gasteiger partial charge in [0.05, 0.1) is 34.2 Å². The van der Waals surface area contributed by atoms with E-state index in [0.717, 1.165) is 24.3 Å². The molecule has 2 aromatic carbocycles.